The quantitative estimate of drug-likeness (QED) is 0.234. The van der Waals surface area contributed by atoms with Crippen molar-refractivity contribution in [2.45, 2.75) is 23.8 Å². The fourth-order valence-corrected chi connectivity index (χ4v) is 6.74. The third-order valence-corrected chi connectivity index (χ3v) is 8.74. The zero-order valence-electron chi connectivity index (χ0n) is 23.8. The van der Waals surface area contributed by atoms with Crippen LogP contribution in [0.15, 0.2) is 95.8 Å². The maximum atomic E-state index is 14.1. The first-order chi connectivity index (χ1) is 20.5. The molecule has 1 N–H and O–H groups in total. The Hall–Kier alpha value is -4.37. The predicted octanol–water partition coefficient (Wildman–Crippen LogP) is 5.90. The minimum Gasteiger partial charge on any atom is -0.493 e. The van der Waals surface area contributed by atoms with Crippen molar-refractivity contribution >= 4 is 23.6 Å². The Bertz CT molecular complexity index is 1410. The van der Waals surface area contributed by atoms with Gasteiger partial charge >= 0.3 is 0 Å². The summed E-state index contributed by atoms with van der Waals surface area (Å²) in [6.07, 6.45) is 3.89. The number of nitrogens with zero attached hydrogens (tertiary/aromatic N) is 1. The topological polar surface area (TPSA) is 90.2 Å². The molecule has 3 aromatic carbocycles. The van der Waals surface area contributed by atoms with Crippen LogP contribution in [0, 0.1) is 0 Å². The highest BCUT2D eigenvalue weighted by atomic mass is 32.2. The van der Waals surface area contributed by atoms with E-state index in [9.17, 15) is 9.59 Å². The molecule has 2 unspecified atom stereocenters. The summed E-state index contributed by atoms with van der Waals surface area (Å²) in [6, 6.07) is 24.9. The van der Waals surface area contributed by atoms with Gasteiger partial charge in [0.05, 0.1) is 33.9 Å². The largest absolute Gasteiger partial charge is 0.493 e. The normalized spacial score (nSPS) is 16.3. The van der Waals surface area contributed by atoms with E-state index in [1.165, 1.54) is 44.2 Å². The fraction of sp³-hybridized carbons (Fsp3) is 0.273. The molecule has 8 nitrogen and oxygen atoms in total. The molecule has 1 fully saturated rings. The fourth-order valence-electron chi connectivity index (χ4n) is 5.34. The lowest BCUT2D eigenvalue weighted by Crippen LogP contribution is -2.48. The van der Waals surface area contributed by atoms with Crippen molar-refractivity contribution < 1.29 is 28.2 Å². The summed E-state index contributed by atoms with van der Waals surface area (Å²) in [5, 5.41) is 2.73. The molecule has 1 aromatic heterocycles. The van der Waals surface area contributed by atoms with E-state index in [0.717, 1.165) is 5.56 Å². The summed E-state index contributed by atoms with van der Waals surface area (Å²) >= 11 is 1.53. The average Bonchev–Trinajstić information content (AvgIpc) is 3.73. The SMILES string of the molecule is COc1cc(C(=O)N2C(C(=O)NCCC(c3ccccc3)c3ccccc3)CSC2c2ccoc2)cc(OC)c1OC. The summed E-state index contributed by atoms with van der Waals surface area (Å²) < 4.78 is 21.7. The van der Waals surface area contributed by atoms with Gasteiger partial charge in [0.1, 0.15) is 11.4 Å². The number of ether oxygens (including phenoxy) is 3. The highest BCUT2D eigenvalue weighted by Crippen LogP contribution is 2.44. The van der Waals surface area contributed by atoms with Gasteiger partial charge in [0, 0.05) is 29.3 Å². The third-order valence-electron chi connectivity index (χ3n) is 7.41. The molecule has 2 heterocycles. The van der Waals surface area contributed by atoms with Gasteiger partial charge in [-0.05, 0) is 35.7 Å². The minimum atomic E-state index is -0.687. The van der Waals surface area contributed by atoms with Crippen LogP contribution in [0.4, 0.5) is 0 Å². The zero-order valence-corrected chi connectivity index (χ0v) is 24.6. The van der Waals surface area contributed by atoms with Crippen molar-refractivity contribution in [1.29, 1.82) is 0 Å². The molecule has 5 rings (SSSR count). The Kier molecular flexibility index (Phi) is 9.38. The van der Waals surface area contributed by atoms with Gasteiger partial charge in [0.2, 0.25) is 11.7 Å². The first kappa shape index (κ1) is 29.1. The Morgan fingerprint density at radius 2 is 1.55 bits per heavy atom. The van der Waals surface area contributed by atoms with E-state index in [-0.39, 0.29) is 17.7 Å². The number of rotatable bonds is 11. The van der Waals surface area contributed by atoms with Crippen LogP contribution in [0.5, 0.6) is 17.2 Å². The van der Waals surface area contributed by atoms with Crippen molar-refractivity contribution in [3.05, 3.63) is 114 Å². The second-order valence-electron chi connectivity index (χ2n) is 9.84. The molecule has 2 amide bonds. The lowest BCUT2D eigenvalue weighted by molar-refractivity contribution is -0.124. The monoisotopic (exact) mass is 586 g/mol. The lowest BCUT2D eigenvalue weighted by Gasteiger charge is -2.29. The molecule has 1 saturated heterocycles. The molecular formula is C33H34N2O6S. The standard InChI is InChI=1S/C33H34N2O6S/c1-38-28-18-25(19-29(39-2)30(28)40-3)32(37)35-27(21-42-33(35)24-15-17-41-20-24)31(36)34-16-14-26(22-10-6-4-7-11-22)23-12-8-5-9-13-23/h4-13,15,17-20,26-27,33H,14,16,21H2,1-3H3,(H,34,36). The van der Waals surface area contributed by atoms with Gasteiger partial charge < -0.3 is 28.8 Å². The summed E-state index contributed by atoms with van der Waals surface area (Å²) in [5.41, 5.74) is 3.51. The van der Waals surface area contributed by atoms with Crippen molar-refractivity contribution in [2.24, 2.45) is 0 Å². The molecule has 0 radical (unpaired) electrons. The average molecular weight is 587 g/mol. The second-order valence-corrected chi connectivity index (χ2v) is 11.0. The maximum Gasteiger partial charge on any atom is 0.256 e. The van der Waals surface area contributed by atoms with Gasteiger partial charge in [0.25, 0.3) is 5.91 Å². The Labute approximate surface area is 250 Å². The van der Waals surface area contributed by atoms with Crippen molar-refractivity contribution in [2.75, 3.05) is 33.6 Å². The highest BCUT2D eigenvalue weighted by molar-refractivity contribution is 7.99. The van der Waals surface area contributed by atoms with E-state index in [2.05, 4.69) is 29.6 Å². The Morgan fingerprint density at radius 1 is 0.929 bits per heavy atom. The number of thioether (sulfide) groups is 1. The summed E-state index contributed by atoms with van der Waals surface area (Å²) in [5.74, 6) is 1.16. The van der Waals surface area contributed by atoms with Crippen LogP contribution >= 0.6 is 11.8 Å². The first-order valence-electron chi connectivity index (χ1n) is 13.7. The number of carbonyl (C=O) groups is 2. The van der Waals surface area contributed by atoms with Gasteiger partial charge in [-0.2, -0.15) is 0 Å². The number of nitrogens with one attached hydrogen (secondary N) is 1. The Balaban J connectivity index is 1.38. The third kappa shape index (κ3) is 6.11. The van der Waals surface area contributed by atoms with Crippen LogP contribution in [0.3, 0.4) is 0 Å². The van der Waals surface area contributed by atoms with Gasteiger partial charge in [-0.15, -0.1) is 11.8 Å². The molecule has 0 bridgehead atoms. The molecule has 0 saturated carbocycles. The van der Waals surface area contributed by atoms with E-state index in [1.54, 1.807) is 29.6 Å². The van der Waals surface area contributed by atoms with Crippen LogP contribution in [-0.2, 0) is 4.79 Å². The minimum absolute atomic E-state index is 0.126. The van der Waals surface area contributed by atoms with E-state index in [4.69, 9.17) is 18.6 Å². The summed E-state index contributed by atoms with van der Waals surface area (Å²) in [7, 11) is 4.51. The van der Waals surface area contributed by atoms with E-state index < -0.39 is 11.4 Å². The molecule has 0 spiro atoms. The van der Waals surface area contributed by atoms with Gasteiger partial charge in [-0.25, -0.2) is 0 Å². The van der Waals surface area contributed by atoms with Crippen LogP contribution in [0.25, 0.3) is 0 Å². The van der Waals surface area contributed by atoms with Crippen molar-refractivity contribution in [3.8, 4) is 17.2 Å². The van der Waals surface area contributed by atoms with Crippen LogP contribution in [-0.4, -0.2) is 56.4 Å². The van der Waals surface area contributed by atoms with Crippen molar-refractivity contribution in [3.63, 3.8) is 0 Å². The number of furan rings is 1. The van der Waals surface area contributed by atoms with Gasteiger partial charge in [-0.1, -0.05) is 60.7 Å². The lowest BCUT2D eigenvalue weighted by atomic mass is 9.88. The number of hydrogen-bond acceptors (Lipinski definition) is 7. The molecule has 2 atom stereocenters. The van der Waals surface area contributed by atoms with Gasteiger partial charge in [-0.3, -0.25) is 9.59 Å². The van der Waals surface area contributed by atoms with Crippen LogP contribution in [0.2, 0.25) is 0 Å². The predicted molar refractivity (Wildman–Crippen MR) is 162 cm³/mol. The number of carbonyl (C=O) groups excluding carboxylic acids is 2. The summed E-state index contributed by atoms with van der Waals surface area (Å²) in [6.45, 7) is 0.455. The summed E-state index contributed by atoms with van der Waals surface area (Å²) in [4.78, 5) is 29.4. The molecule has 4 aromatic rings. The van der Waals surface area contributed by atoms with Crippen LogP contribution in [0.1, 0.15) is 44.8 Å². The zero-order chi connectivity index (χ0) is 29.5. The smallest absolute Gasteiger partial charge is 0.256 e. The second kappa shape index (κ2) is 13.5. The Morgan fingerprint density at radius 3 is 2.07 bits per heavy atom. The molecule has 42 heavy (non-hydrogen) atoms. The maximum absolute atomic E-state index is 14.1. The van der Waals surface area contributed by atoms with E-state index in [1.807, 2.05) is 42.5 Å². The number of hydrogen-bond donors (Lipinski definition) is 1. The molecular weight excluding hydrogens is 552 g/mol. The van der Waals surface area contributed by atoms with E-state index >= 15 is 0 Å². The number of methoxy groups -OCH3 is 3. The molecule has 1 aliphatic heterocycles. The molecule has 9 heteroatoms. The highest BCUT2D eigenvalue weighted by Gasteiger charge is 2.43. The molecule has 0 aliphatic carbocycles. The number of benzene rings is 3. The first-order valence-corrected chi connectivity index (χ1v) is 14.7. The van der Waals surface area contributed by atoms with Gasteiger partial charge in [0.15, 0.2) is 11.5 Å². The van der Waals surface area contributed by atoms with Crippen molar-refractivity contribution in [1.82, 2.24) is 10.2 Å². The number of amides is 2. The van der Waals surface area contributed by atoms with E-state index in [0.29, 0.717) is 41.5 Å². The van der Waals surface area contributed by atoms with Crippen LogP contribution < -0.4 is 19.5 Å². The molecule has 1 aliphatic rings. The molecule has 218 valence electrons.